The van der Waals surface area contributed by atoms with E-state index in [1.54, 1.807) is 0 Å². The highest BCUT2D eigenvalue weighted by atomic mass is 32.3. The summed E-state index contributed by atoms with van der Waals surface area (Å²) in [6.07, 6.45) is 22.2. The van der Waals surface area contributed by atoms with E-state index in [4.69, 9.17) is 21.0 Å². The maximum atomic E-state index is 15.0. The topological polar surface area (TPSA) is 280 Å². The van der Waals surface area contributed by atoms with Gasteiger partial charge in [0.1, 0.15) is 0 Å². The Balaban J connectivity index is 3.63. The standard InChI is InChI=1S/C47H80N8O8S4/c48-37-27-17-9-1-5-13-21-31-41-52-64(56,57)46-36-26-25-35-45(46)47(65(58,59)53-42-32-22-14-6-2-10-18-28-38-49,66(60,61)54-43-33-23-15-7-3-11-19-29-39-50)67(62,63)55-44-34-24-16-8-4-12-20-30-40-51/h25-26,35-36,52-55H,1-24,27-34,41-44H2. The molecule has 0 bridgehead atoms. The summed E-state index contributed by atoms with van der Waals surface area (Å²) in [6, 6.07) is 13.0. The molecule has 1 aromatic rings. The summed E-state index contributed by atoms with van der Waals surface area (Å²) in [6.45, 7) is -0.985. The Labute approximate surface area is 405 Å². The Morgan fingerprint density at radius 2 is 0.582 bits per heavy atom. The fourth-order valence-corrected chi connectivity index (χ4v) is 17.1. The van der Waals surface area contributed by atoms with E-state index in [9.17, 15) is 8.42 Å². The number of nitrogens with zero attached hydrogens (tertiary/aromatic N) is 4. The molecule has 0 unspecified atom stereocenters. The van der Waals surface area contributed by atoms with Crippen molar-refractivity contribution in [3.8, 4) is 24.3 Å². The third-order valence-electron chi connectivity index (χ3n) is 11.6. The van der Waals surface area contributed by atoms with Gasteiger partial charge in [-0.05, 0) is 57.4 Å². The van der Waals surface area contributed by atoms with Crippen molar-refractivity contribution in [3.63, 3.8) is 0 Å². The van der Waals surface area contributed by atoms with Gasteiger partial charge < -0.3 is 0 Å². The van der Waals surface area contributed by atoms with Gasteiger partial charge in [0.15, 0.2) is 0 Å². The Bertz CT molecular complexity index is 1970. The van der Waals surface area contributed by atoms with Crippen molar-refractivity contribution in [2.75, 3.05) is 26.2 Å². The van der Waals surface area contributed by atoms with Crippen LogP contribution in [0.1, 0.15) is 211 Å². The van der Waals surface area contributed by atoms with Crippen molar-refractivity contribution in [2.24, 2.45) is 0 Å². The molecular formula is C47H80N8O8S4. The molecular weight excluding hydrogens is 933 g/mol. The molecule has 0 aliphatic carbocycles. The summed E-state index contributed by atoms with van der Waals surface area (Å²) in [5, 5.41) is 35.1. The number of nitriles is 4. The number of hydrogen-bond acceptors (Lipinski definition) is 12. The second-order valence-electron chi connectivity index (χ2n) is 17.2. The predicted octanol–water partition coefficient (Wildman–Crippen LogP) is 9.41. The molecule has 0 radical (unpaired) electrons. The molecule has 16 nitrogen and oxygen atoms in total. The molecule has 1 rings (SSSR count). The molecule has 0 amide bonds. The molecule has 0 aliphatic heterocycles. The van der Waals surface area contributed by atoms with Crippen LogP contribution in [0, 0.1) is 45.3 Å². The van der Waals surface area contributed by atoms with Crippen LogP contribution in [-0.2, 0) is 43.5 Å². The van der Waals surface area contributed by atoms with E-state index in [2.05, 4.69) is 43.2 Å². The van der Waals surface area contributed by atoms with E-state index in [1.165, 1.54) is 12.1 Å². The predicted molar refractivity (Wildman–Crippen MR) is 264 cm³/mol. The number of nitrogens with one attached hydrogen (secondary N) is 4. The van der Waals surface area contributed by atoms with E-state index in [1.807, 2.05) is 0 Å². The highest BCUT2D eigenvalue weighted by molar-refractivity contribution is 8.23. The first kappa shape index (κ1) is 61.8. The quantitative estimate of drug-likeness (QED) is 0.0445. The van der Waals surface area contributed by atoms with Crippen LogP contribution in [0.5, 0.6) is 0 Å². The highest BCUT2D eigenvalue weighted by Crippen LogP contribution is 2.43. The second kappa shape index (κ2) is 36.8. The van der Waals surface area contributed by atoms with E-state index in [0.29, 0.717) is 57.8 Å². The summed E-state index contributed by atoms with van der Waals surface area (Å²) in [7, 11) is -21.4. The normalized spacial score (nSPS) is 12.3. The van der Waals surface area contributed by atoms with Gasteiger partial charge in [0.2, 0.25) is 10.0 Å². The van der Waals surface area contributed by atoms with Gasteiger partial charge >= 0.3 is 3.41 Å². The third kappa shape index (κ3) is 23.8. The number of rotatable bonds is 45. The summed E-state index contributed by atoms with van der Waals surface area (Å²) >= 11 is 0. The molecule has 0 aromatic heterocycles. The SMILES string of the molecule is N#CCCCCCCCCCNS(=O)(=O)c1ccccc1C(S(=O)(=O)NCCCCCCCCCC#N)(S(=O)(=O)NCCCCCCCCCC#N)S(=O)(=O)NCCCCCCCCCC#N. The van der Waals surface area contributed by atoms with Gasteiger partial charge in [-0.15, -0.1) is 0 Å². The van der Waals surface area contributed by atoms with Gasteiger partial charge in [-0.3, -0.25) is 0 Å². The van der Waals surface area contributed by atoms with E-state index in [0.717, 1.165) is 141 Å². The molecule has 0 spiro atoms. The van der Waals surface area contributed by atoms with E-state index in [-0.39, 0.29) is 45.4 Å². The summed E-state index contributed by atoms with van der Waals surface area (Å²) < 4.78 is 124. The Morgan fingerprint density at radius 3 is 0.866 bits per heavy atom. The summed E-state index contributed by atoms with van der Waals surface area (Å²) in [5.74, 6) is 0. The molecule has 20 heteroatoms. The average Bonchev–Trinajstić information content (AvgIpc) is 3.28. The van der Waals surface area contributed by atoms with Crippen LogP contribution in [-0.4, -0.2) is 59.9 Å². The minimum absolute atomic E-state index is 0.0614. The number of benzene rings is 1. The van der Waals surface area contributed by atoms with Crippen LogP contribution in [0.3, 0.4) is 0 Å². The summed E-state index contributed by atoms with van der Waals surface area (Å²) in [5.41, 5.74) is -0.945. The lowest BCUT2D eigenvalue weighted by Gasteiger charge is -2.34. The first-order valence-corrected chi connectivity index (χ1v) is 30.7. The molecule has 380 valence electrons. The average molecular weight is 1010 g/mol. The Hall–Kier alpha value is -3.18. The maximum absolute atomic E-state index is 15.0. The van der Waals surface area contributed by atoms with Crippen molar-refractivity contribution < 1.29 is 33.7 Å². The van der Waals surface area contributed by atoms with E-state index >= 15 is 25.3 Å². The van der Waals surface area contributed by atoms with Crippen LogP contribution in [0.4, 0.5) is 0 Å². The monoisotopic (exact) mass is 1010 g/mol. The lowest BCUT2D eigenvalue weighted by Crippen LogP contribution is -2.62. The third-order valence-corrected chi connectivity index (χ3v) is 21.6. The lowest BCUT2D eigenvalue weighted by atomic mass is 10.1. The van der Waals surface area contributed by atoms with Gasteiger partial charge in [0.05, 0.1) is 29.2 Å². The fraction of sp³-hybridized carbons (Fsp3) is 0.787. The molecule has 0 saturated carbocycles. The highest BCUT2D eigenvalue weighted by Gasteiger charge is 2.68. The Morgan fingerprint density at radius 1 is 0.343 bits per heavy atom. The molecule has 4 N–H and O–H groups in total. The van der Waals surface area contributed by atoms with Gasteiger partial charge in [0.25, 0.3) is 30.1 Å². The zero-order valence-corrected chi connectivity index (χ0v) is 43.2. The van der Waals surface area contributed by atoms with Crippen molar-refractivity contribution in [1.82, 2.24) is 18.9 Å². The van der Waals surface area contributed by atoms with Crippen LogP contribution < -0.4 is 18.9 Å². The Kier molecular flexibility index (Phi) is 33.9. The van der Waals surface area contributed by atoms with Crippen molar-refractivity contribution >= 4 is 40.1 Å². The van der Waals surface area contributed by atoms with Gasteiger partial charge in [-0.25, -0.2) is 52.6 Å². The van der Waals surface area contributed by atoms with Crippen molar-refractivity contribution in [1.29, 1.82) is 21.0 Å². The van der Waals surface area contributed by atoms with Gasteiger partial charge in [0, 0.05) is 57.4 Å². The fourth-order valence-electron chi connectivity index (χ4n) is 7.86. The summed E-state index contributed by atoms with van der Waals surface area (Å²) in [4.78, 5) is -0.794. The zero-order chi connectivity index (χ0) is 49.6. The zero-order valence-electron chi connectivity index (χ0n) is 40.0. The molecule has 67 heavy (non-hydrogen) atoms. The minimum atomic E-state index is -5.55. The van der Waals surface area contributed by atoms with Crippen LogP contribution in [0.2, 0.25) is 0 Å². The van der Waals surface area contributed by atoms with Crippen LogP contribution in [0.25, 0.3) is 0 Å². The second-order valence-corrected chi connectivity index (χ2v) is 25.4. The number of hydrogen-bond donors (Lipinski definition) is 4. The molecule has 1 aromatic carbocycles. The first-order valence-electron chi connectivity index (χ1n) is 24.8. The lowest BCUT2D eigenvalue weighted by molar-refractivity contribution is 0.523. The van der Waals surface area contributed by atoms with Crippen molar-refractivity contribution in [2.45, 2.75) is 214 Å². The number of sulfonamides is 4. The molecule has 0 aliphatic rings. The van der Waals surface area contributed by atoms with Gasteiger partial charge in [-0.1, -0.05) is 147 Å². The smallest absolute Gasteiger partial charge is 0.213 e. The van der Waals surface area contributed by atoms with Gasteiger partial charge in [-0.2, -0.15) is 21.0 Å². The minimum Gasteiger partial charge on any atom is -0.213 e. The van der Waals surface area contributed by atoms with Crippen molar-refractivity contribution in [3.05, 3.63) is 29.8 Å². The van der Waals surface area contributed by atoms with Crippen LogP contribution >= 0.6 is 0 Å². The van der Waals surface area contributed by atoms with E-state index < -0.39 is 54.0 Å². The molecule has 0 fully saturated rings. The first-order chi connectivity index (χ1) is 32.2. The molecule has 0 heterocycles. The molecule has 0 saturated heterocycles. The molecule has 0 atom stereocenters. The maximum Gasteiger partial charge on any atom is 0.339 e. The van der Waals surface area contributed by atoms with Crippen LogP contribution in [0.15, 0.2) is 29.2 Å². The largest absolute Gasteiger partial charge is 0.339 e. The number of unbranched alkanes of at least 4 members (excludes halogenated alkanes) is 28.